The van der Waals surface area contributed by atoms with Gasteiger partial charge in [0.2, 0.25) is 5.91 Å². The molecular weight excluding hydrogens is 261 g/mol. The summed E-state index contributed by atoms with van der Waals surface area (Å²) >= 11 is 0. The Morgan fingerprint density at radius 3 is 2.06 bits per heavy atom. The molecule has 0 spiro atoms. The molecule has 0 aromatic heterocycles. The Balaban J connectivity index is -0.000000980. The van der Waals surface area contributed by atoms with Crippen LogP contribution in [0.3, 0.4) is 0 Å². The minimum absolute atomic E-state index is 0. The van der Waals surface area contributed by atoms with E-state index in [-0.39, 0.29) is 37.3 Å². The normalized spacial score (nSPS) is 9.41. The van der Waals surface area contributed by atoms with Crippen molar-refractivity contribution in [2.24, 2.45) is 5.73 Å². The van der Waals surface area contributed by atoms with Crippen LogP contribution in [0.4, 0.5) is 0 Å². The fraction of sp³-hybridized carbons (Fsp3) is 0.909. The van der Waals surface area contributed by atoms with Gasteiger partial charge in [0.1, 0.15) is 0 Å². The Kier molecular flexibility index (Phi) is 20.8. The van der Waals surface area contributed by atoms with Crippen molar-refractivity contribution < 1.29 is 4.79 Å². The first-order chi connectivity index (χ1) is 7.24. The van der Waals surface area contributed by atoms with Crippen LogP contribution in [0.15, 0.2) is 0 Å². The molecule has 0 radical (unpaired) electrons. The van der Waals surface area contributed by atoms with Crippen LogP contribution in [-0.2, 0) is 4.79 Å². The number of halogens is 2. The standard InChI is InChI=1S/C11H25N3O.2ClH/c1-3-7-14(8-4-2)9-5-6-13-11(15)10-12;;/h3-10,12H2,1-2H3,(H,13,15);2*1H. The molecule has 0 unspecified atom stereocenters. The molecule has 0 saturated heterocycles. The van der Waals surface area contributed by atoms with Gasteiger partial charge in [-0.25, -0.2) is 0 Å². The number of rotatable bonds is 9. The van der Waals surface area contributed by atoms with Gasteiger partial charge in [0.25, 0.3) is 0 Å². The smallest absolute Gasteiger partial charge is 0.233 e. The summed E-state index contributed by atoms with van der Waals surface area (Å²) in [5.74, 6) is -0.0625. The molecule has 106 valence electrons. The zero-order valence-corrected chi connectivity index (χ0v) is 12.5. The van der Waals surface area contributed by atoms with E-state index in [1.165, 1.54) is 12.8 Å². The number of nitrogens with two attached hydrogens (primary N) is 1. The van der Waals surface area contributed by atoms with E-state index in [0.29, 0.717) is 0 Å². The zero-order chi connectivity index (χ0) is 11.5. The summed E-state index contributed by atoms with van der Waals surface area (Å²) in [7, 11) is 0. The lowest BCUT2D eigenvalue weighted by Gasteiger charge is -2.20. The van der Waals surface area contributed by atoms with Crippen molar-refractivity contribution in [2.75, 3.05) is 32.7 Å². The first-order valence-electron chi connectivity index (χ1n) is 5.93. The van der Waals surface area contributed by atoms with Crippen molar-refractivity contribution in [1.82, 2.24) is 10.2 Å². The highest BCUT2D eigenvalue weighted by Gasteiger charge is 2.02. The predicted molar refractivity (Wildman–Crippen MR) is 78.2 cm³/mol. The minimum Gasteiger partial charge on any atom is -0.355 e. The Morgan fingerprint density at radius 2 is 1.65 bits per heavy atom. The maximum Gasteiger partial charge on any atom is 0.233 e. The largest absolute Gasteiger partial charge is 0.355 e. The maximum absolute atomic E-state index is 10.9. The SMILES string of the molecule is CCCN(CCC)CCCNC(=O)CN.Cl.Cl. The summed E-state index contributed by atoms with van der Waals surface area (Å²) in [4.78, 5) is 13.3. The van der Waals surface area contributed by atoms with Crippen LogP contribution in [-0.4, -0.2) is 43.5 Å². The Bertz CT molecular complexity index is 165. The van der Waals surface area contributed by atoms with Gasteiger partial charge < -0.3 is 16.0 Å². The summed E-state index contributed by atoms with van der Waals surface area (Å²) in [5.41, 5.74) is 5.19. The molecule has 0 bridgehead atoms. The number of carbonyl (C=O) groups is 1. The van der Waals surface area contributed by atoms with Crippen molar-refractivity contribution >= 4 is 30.7 Å². The van der Waals surface area contributed by atoms with Gasteiger partial charge >= 0.3 is 0 Å². The van der Waals surface area contributed by atoms with Crippen LogP contribution in [0, 0.1) is 0 Å². The molecule has 0 aliphatic rings. The molecule has 0 rings (SSSR count). The molecule has 3 N–H and O–H groups in total. The maximum atomic E-state index is 10.9. The van der Waals surface area contributed by atoms with E-state index in [4.69, 9.17) is 5.73 Å². The summed E-state index contributed by atoms with van der Waals surface area (Å²) in [5, 5.41) is 2.78. The summed E-state index contributed by atoms with van der Waals surface area (Å²) < 4.78 is 0. The second-order valence-electron chi connectivity index (χ2n) is 3.75. The Morgan fingerprint density at radius 1 is 1.12 bits per heavy atom. The molecular formula is C11H27Cl2N3O. The first kappa shape index (κ1) is 22.2. The van der Waals surface area contributed by atoms with Crippen LogP contribution in [0.1, 0.15) is 33.1 Å². The van der Waals surface area contributed by atoms with Crippen molar-refractivity contribution in [1.29, 1.82) is 0 Å². The van der Waals surface area contributed by atoms with Crippen LogP contribution >= 0.6 is 24.8 Å². The van der Waals surface area contributed by atoms with E-state index < -0.39 is 0 Å². The molecule has 0 heterocycles. The van der Waals surface area contributed by atoms with Crippen LogP contribution < -0.4 is 11.1 Å². The van der Waals surface area contributed by atoms with Gasteiger partial charge in [-0.1, -0.05) is 13.8 Å². The third-order valence-corrected chi connectivity index (χ3v) is 2.24. The van der Waals surface area contributed by atoms with Gasteiger partial charge in [-0.2, -0.15) is 0 Å². The summed E-state index contributed by atoms with van der Waals surface area (Å²) in [6.07, 6.45) is 3.38. The molecule has 1 amide bonds. The molecule has 0 aromatic rings. The highest BCUT2D eigenvalue weighted by Crippen LogP contribution is 1.95. The summed E-state index contributed by atoms with van der Waals surface area (Å²) in [6, 6.07) is 0. The van der Waals surface area contributed by atoms with Gasteiger partial charge in [-0.3, -0.25) is 4.79 Å². The lowest BCUT2D eigenvalue weighted by molar-refractivity contribution is -0.119. The average molecular weight is 288 g/mol. The zero-order valence-electron chi connectivity index (χ0n) is 10.9. The van der Waals surface area contributed by atoms with Gasteiger partial charge in [-0.15, -0.1) is 24.8 Å². The van der Waals surface area contributed by atoms with E-state index >= 15 is 0 Å². The molecule has 0 atom stereocenters. The lowest BCUT2D eigenvalue weighted by Crippen LogP contribution is -2.33. The molecule has 0 aromatic carbocycles. The Labute approximate surface area is 118 Å². The third kappa shape index (κ3) is 13.9. The summed E-state index contributed by atoms with van der Waals surface area (Å²) in [6.45, 7) is 8.58. The number of amides is 1. The number of carbonyl (C=O) groups excluding carboxylic acids is 1. The molecule has 6 heteroatoms. The van der Waals surface area contributed by atoms with Gasteiger partial charge in [0.05, 0.1) is 6.54 Å². The monoisotopic (exact) mass is 287 g/mol. The molecule has 0 fully saturated rings. The molecule has 17 heavy (non-hydrogen) atoms. The van der Waals surface area contributed by atoms with Gasteiger partial charge in [0.15, 0.2) is 0 Å². The van der Waals surface area contributed by atoms with E-state index in [1.807, 2.05) is 0 Å². The van der Waals surface area contributed by atoms with Crippen LogP contribution in [0.2, 0.25) is 0 Å². The first-order valence-corrected chi connectivity index (χ1v) is 5.93. The van der Waals surface area contributed by atoms with E-state index in [0.717, 1.165) is 32.6 Å². The molecule has 0 saturated carbocycles. The van der Waals surface area contributed by atoms with E-state index in [1.54, 1.807) is 0 Å². The Hall–Kier alpha value is -0.0300. The van der Waals surface area contributed by atoms with Gasteiger partial charge in [0, 0.05) is 6.54 Å². The fourth-order valence-corrected chi connectivity index (χ4v) is 1.57. The van der Waals surface area contributed by atoms with Crippen molar-refractivity contribution in [3.8, 4) is 0 Å². The van der Waals surface area contributed by atoms with E-state index in [2.05, 4.69) is 24.1 Å². The average Bonchev–Trinajstić information content (AvgIpc) is 2.24. The minimum atomic E-state index is -0.0625. The van der Waals surface area contributed by atoms with Crippen LogP contribution in [0.25, 0.3) is 0 Å². The van der Waals surface area contributed by atoms with Crippen molar-refractivity contribution in [2.45, 2.75) is 33.1 Å². The predicted octanol–water partition coefficient (Wildman–Crippen LogP) is 1.42. The van der Waals surface area contributed by atoms with Crippen molar-refractivity contribution in [3.05, 3.63) is 0 Å². The number of nitrogens with zero attached hydrogens (tertiary/aromatic N) is 1. The highest BCUT2D eigenvalue weighted by molar-refractivity contribution is 5.85. The molecule has 0 aliphatic heterocycles. The van der Waals surface area contributed by atoms with Gasteiger partial charge in [-0.05, 0) is 38.9 Å². The van der Waals surface area contributed by atoms with E-state index in [9.17, 15) is 4.79 Å². The molecule has 0 aliphatic carbocycles. The number of hydrogen-bond acceptors (Lipinski definition) is 3. The second kappa shape index (κ2) is 16.0. The van der Waals surface area contributed by atoms with Crippen LogP contribution in [0.5, 0.6) is 0 Å². The number of nitrogens with one attached hydrogen (secondary N) is 1. The second-order valence-corrected chi connectivity index (χ2v) is 3.75. The third-order valence-electron chi connectivity index (χ3n) is 2.24. The topological polar surface area (TPSA) is 58.4 Å². The lowest BCUT2D eigenvalue weighted by atomic mass is 10.3. The molecule has 4 nitrogen and oxygen atoms in total. The quantitative estimate of drug-likeness (QED) is 0.631. The fourth-order valence-electron chi connectivity index (χ4n) is 1.57. The number of hydrogen-bond donors (Lipinski definition) is 2. The van der Waals surface area contributed by atoms with Crippen molar-refractivity contribution in [3.63, 3.8) is 0 Å². The highest BCUT2D eigenvalue weighted by atomic mass is 35.5.